The fourth-order valence-corrected chi connectivity index (χ4v) is 3.85. The molecule has 1 aromatic heterocycles. The molecule has 1 saturated heterocycles. The molecule has 3 rings (SSSR count). The summed E-state index contributed by atoms with van der Waals surface area (Å²) in [5.41, 5.74) is 4.12. The first-order valence-electron chi connectivity index (χ1n) is 7.06. The number of thiazole rings is 1. The van der Waals surface area contributed by atoms with Crippen LogP contribution in [-0.4, -0.2) is 59.2 Å². The highest BCUT2D eigenvalue weighted by atomic mass is 32.1. The quantitative estimate of drug-likeness (QED) is 0.874. The molecule has 0 saturated carbocycles. The van der Waals surface area contributed by atoms with Crippen LogP contribution in [0.15, 0.2) is 0 Å². The van der Waals surface area contributed by atoms with Gasteiger partial charge in [0.25, 0.3) is 0 Å². The number of carboxylic acids is 1. The first kappa shape index (κ1) is 13.8. The number of carboxylic acid groups (broad SMARTS) is 1. The van der Waals surface area contributed by atoms with E-state index in [2.05, 4.69) is 27.4 Å². The van der Waals surface area contributed by atoms with Gasteiger partial charge in [0.05, 0.1) is 5.69 Å². The molecule has 0 radical (unpaired) electrons. The molecule has 2 N–H and O–H groups in total. The molecule has 2 heterocycles. The minimum Gasteiger partial charge on any atom is -0.481 e. The Hall–Kier alpha value is -1.18. The molecule has 1 unspecified atom stereocenters. The maximum atomic E-state index is 11.3. The van der Waals surface area contributed by atoms with Gasteiger partial charge in [-0.2, -0.15) is 0 Å². The monoisotopic (exact) mass is 296 g/mol. The van der Waals surface area contributed by atoms with Crippen LogP contribution in [0.3, 0.4) is 0 Å². The Bertz CT molecular complexity index is 497. The summed E-state index contributed by atoms with van der Waals surface area (Å²) in [5, 5.41) is 12.3. The van der Waals surface area contributed by atoms with Crippen LogP contribution in [-0.2, 0) is 11.2 Å². The molecular weight excluding hydrogens is 276 g/mol. The summed E-state index contributed by atoms with van der Waals surface area (Å²) in [5.74, 6) is -1.17. The average molecular weight is 296 g/mol. The number of nitrogens with one attached hydrogen (secondary N) is 1. The first-order valence-corrected chi connectivity index (χ1v) is 7.87. The highest BCUT2D eigenvalue weighted by molar-refractivity contribution is 7.15. The molecule has 1 fully saturated rings. The van der Waals surface area contributed by atoms with Gasteiger partial charge in [0.1, 0.15) is 5.92 Å². The van der Waals surface area contributed by atoms with E-state index in [9.17, 15) is 9.90 Å². The first-order chi connectivity index (χ1) is 9.63. The van der Waals surface area contributed by atoms with E-state index in [-0.39, 0.29) is 0 Å². The van der Waals surface area contributed by atoms with Gasteiger partial charge < -0.3 is 10.0 Å². The Kier molecular flexibility index (Phi) is 3.91. The van der Waals surface area contributed by atoms with Crippen LogP contribution in [0.4, 0.5) is 5.13 Å². The maximum absolute atomic E-state index is 11.3. The largest absolute Gasteiger partial charge is 0.481 e. The van der Waals surface area contributed by atoms with Crippen molar-refractivity contribution in [2.75, 3.05) is 38.7 Å². The second kappa shape index (κ2) is 5.67. The Morgan fingerprint density at radius 1 is 1.40 bits per heavy atom. The Morgan fingerprint density at radius 2 is 2.15 bits per heavy atom. The number of aliphatic carboxylic acids is 1. The summed E-state index contributed by atoms with van der Waals surface area (Å²) >= 11 is 1.61. The summed E-state index contributed by atoms with van der Waals surface area (Å²) in [6, 6.07) is 0. The fourth-order valence-electron chi connectivity index (χ4n) is 2.76. The zero-order valence-corrected chi connectivity index (χ0v) is 12.4. The van der Waals surface area contributed by atoms with Gasteiger partial charge in [-0.05, 0) is 26.3 Å². The highest BCUT2D eigenvalue weighted by Crippen LogP contribution is 2.36. The number of piperazine rings is 1. The average Bonchev–Trinajstić information content (AvgIpc) is 2.83. The Labute approximate surface area is 122 Å². The smallest absolute Gasteiger partial charge is 0.312 e. The van der Waals surface area contributed by atoms with E-state index < -0.39 is 11.9 Å². The molecule has 0 aromatic carbocycles. The third kappa shape index (κ3) is 2.79. The predicted molar refractivity (Wildman–Crippen MR) is 78.1 cm³/mol. The molecule has 1 aromatic rings. The van der Waals surface area contributed by atoms with Gasteiger partial charge in [-0.1, -0.05) is 0 Å². The molecular formula is C13H20N4O2S. The predicted octanol–water partition coefficient (Wildman–Crippen LogP) is 1.22. The number of aryl methyl sites for hydroxylation is 1. The van der Waals surface area contributed by atoms with Crippen LogP contribution in [0, 0.1) is 0 Å². The van der Waals surface area contributed by atoms with Crippen molar-refractivity contribution in [1.29, 1.82) is 0 Å². The lowest BCUT2D eigenvalue weighted by atomic mass is 9.91. The van der Waals surface area contributed by atoms with Crippen molar-refractivity contribution in [3.8, 4) is 0 Å². The molecule has 110 valence electrons. The summed E-state index contributed by atoms with van der Waals surface area (Å²) in [6.07, 6.45) is 2.61. The number of hydrogen-bond donors (Lipinski definition) is 2. The number of aromatic nitrogens is 1. The van der Waals surface area contributed by atoms with Crippen molar-refractivity contribution < 1.29 is 9.90 Å². The van der Waals surface area contributed by atoms with Gasteiger partial charge in [-0.3, -0.25) is 10.2 Å². The number of hydrogen-bond acceptors (Lipinski definition) is 6. The standard InChI is InChI=1S/C13H20N4O2S/c1-16-5-7-17(8-6-16)15-13-14-11-9(12(18)19)3-2-4-10(11)20-13/h9H,2-8H2,1H3,(H,14,15)(H,18,19). The van der Waals surface area contributed by atoms with Crippen LogP contribution in [0.2, 0.25) is 0 Å². The molecule has 2 aliphatic rings. The van der Waals surface area contributed by atoms with E-state index >= 15 is 0 Å². The number of fused-ring (bicyclic) bond motifs is 1. The summed E-state index contributed by atoms with van der Waals surface area (Å²) in [6.45, 7) is 4.00. The number of hydrazine groups is 1. The van der Waals surface area contributed by atoms with Gasteiger partial charge in [0, 0.05) is 31.1 Å². The molecule has 1 aliphatic carbocycles. The van der Waals surface area contributed by atoms with Gasteiger partial charge in [-0.15, -0.1) is 11.3 Å². The van der Waals surface area contributed by atoms with Crippen molar-refractivity contribution in [2.45, 2.75) is 25.2 Å². The molecule has 0 bridgehead atoms. The Morgan fingerprint density at radius 3 is 2.85 bits per heavy atom. The highest BCUT2D eigenvalue weighted by Gasteiger charge is 2.30. The zero-order valence-electron chi connectivity index (χ0n) is 11.6. The number of carbonyl (C=O) groups is 1. The molecule has 7 heteroatoms. The molecule has 6 nitrogen and oxygen atoms in total. The number of anilines is 1. The third-order valence-corrected chi connectivity index (χ3v) is 5.04. The van der Waals surface area contributed by atoms with Gasteiger partial charge in [-0.25, -0.2) is 9.99 Å². The second-order valence-electron chi connectivity index (χ2n) is 5.51. The lowest BCUT2D eigenvalue weighted by Crippen LogP contribution is -2.46. The number of nitrogens with zero attached hydrogens (tertiary/aromatic N) is 3. The van der Waals surface area contributed by atoms with Crippen molar-refractivity contribution >= 4 is 22.4 Å². The van der Waals surface area contributed by atoms with E-state index in [1.807, 2.05) is 0 Å². The second-order valence-corrected chi connectivity index (χ2v) is 6.60. The van der Waals surface area contributed by atoms with E-state index in [1.54, 1.807) is 11.3 Å². The van der Waals surface area contributed by atoms with Crippen LogP contribution >= 0.6 is 11.3 Å². The van der Waals surface area contributed by atoms with Crippen LogP contribution in [0.1, 0.15) is 29.3 Å². The van der Waals surface area contributed by atoms with Crippen molar-refractivity contribution in [3.63, 3.8) is 0 Å². The Balaban J connectivity index is 1.71. The summed E-state index contributed by atoms with van der Waals surface area (Å²) in [4.78, 5) is 19.3. The topological polar surface area (TPSA) is 68.7 Å². The van der Waals surface area contributed by atoms with E-state index in [0.29, 0.717) is 6.42 Å². The number of likely N-dealkylation sites (N-methyl/N-ethyl adjacent to an activating group) is 1. The molecule has 0 amide bonds. The third-order valence-electron chi connectivity index (χ3n) is 4.01. The van der Waals surface area contributed by atoms with Crippen molar-refractivity contribution in [1.82, 2.24) is 14.9 Å². The van der Waals surface area contributed by atoms with Crippen LogP contribution in [0.25, 0.3) is 0 Å². The summed E-state index contributed by atoms with van der Waals surface area (Å²) in [7, 11) is 2.12. The molecule has 0 spiro atoms. The van der Waals surface area contributed by atoms with Gasteiger partial charge in [0.15, 0.2) is 5.13 Å². The molecule has 1 atom stereocenters. The van der Waals surface area contributed by atoms with Crippen molar-refractivity contribution in [2.24, 2.45) is 0 Å². The normalized spacial score (nSPS) is 24.4. The van der Waals surface area contributed by atoms with Crippen molar-refractivity contribution in [3.05, 3.63) is 10.6 Å². The minimum absolute atomic E-state index is 0.418. The minimum atomic E-state index is -0.748. The molecule has 20 heavy (non-hydrogen) atoms. The van der Waals surface area contributed by atoms with Crippen LogP contribution in [0.5, 0.6) is 0 Å². The van der Waals surface area contributed by atoms with Gasteiger partial charge >= 0.3 is 5.97 Å². The van der Waals surface area contributed by atoms with E-state index in [4.69, 9.17) is 0 Å². The lowest BCUT2D eigenvalue weighted by molar-refractivity contribution is -0.139. The summed E-state index contributed by atoms with van der Waals surface area (Å²) < 4.78 is 0. The fraction of sp³-hybridized carbons (Fsp3) is 0.692. The SMILES string of the molecule is CN1CCN(Nc2nc3c(s2)CCCC3C(=O)O)CC1. The maximum Gasteiger partial charge on any atom is 0.312 e. The van der Waals surface area contributed by atoms with Gasteiger partial charge in [0.2, 0.25) is 0 Å². The van der Waals surface area contributed by atoms with E-state index in [1.165, 1.54) is 0 Å². The van der Waals surface area contributed by atoms with Crippen LogP contribution < -0.4 is 5.43 Å². The van der Waals surface area contributed by atoms with E-state index in [0.717, 1.165) is 54.7 Å². The lowest BCUT2D eigenvalue weighted by Gasteiger charge is -2.32. The zero-order chi connectivity index (χ0) is 14.1. The molecule has 1 aliphatic heterocycles. The number of rotatable bonds is 3.